The highest BCUT2D eigenvalue weighted by atomic mass is 16.5. The first-order chi connectivity index (χ1) is 10.4. The summed E-state index contributed by atoms with van der Waals surface area (Å²) in [5.41, 5.74) is 1.08. The second-order valence-electron chi connectivity index (χ2n) is 4.74. The molecule has 5 nitrogen and oxygen atoms in total. The third-order valence-corrected chi connectivity index (χ3v) is 3.17. The highest BCUT2D eigenvalue weighted by Gasteiger charge is 2.19. The molecule has 0 spiro atoms. The summed E-state index contributed by atoms with van der Waals surface area (Å²) >= 11 is 0. The monoisotopic (exact) mass is 289 g/mol. The number of ether oxygens (including phenoxy) is 2. The molecule has 0 aliphatic rings. The highest BCUT2D eigenvalue weighted by molar-refractivity contribution is 5.38. The van der Waals surface area contributed by atoms with E-state index in [0.29, 0.717) is 13.2 Å². The number of imidazole rings is 1. The molecule has 0 bridgehead atoms. The molecular weight excluding hydrogens is 266 g/mol. The average molecular weight is 289 g/mol. The van der Waals surface area contributed by atoms with E-state index in [4.69, 9.17) is 9.47 Å². The molecule has 1 heterocycles. The summed E-state index contributed by atoms with van der Waals surface area (Å²) in [7, 11) is 1.67. The fourth-order valence-electron chi connectivity index (χ4n) is 2.16. The van der Waals surface area contributed by atoms with Crippen LogP contribution in [0, 0.1) is 0 Å². The number of hydrogen-bond acceptors (Lipinski definition) is 4. The van der Waals surface area contributed by atoms with Crippen molar-refractivity contribution in [3.63, 3.8) is 0 Å². The Labute approximate surface area is 125 Å². The van der Waals surface area contributed by atoms with Gasteiger partial charge in [0.2, 0.25) is 0 Å². The third-order valence-electron chi connectivity index (χ3n) is 3.17. The van der Waals surface area contributed by atoms with Gasteiger partial charge in [-0.2, -0.15) is 0 Å². The fraction of sp³-hybridized carbons (Fsp3) is 0.438. The van der Waals surface area contributed by atoms with Crippen molar-refractivity contribution in [1.29, 1.82) is 0 Å². The normalized spacial score (nSPS) is 12.3. The summed E-state index contributed by atoms with van der Waals surface area (Å²) in [5.74, 6) is 1.76. The van der Waals surface area contributed by atoms with Crippen molar-refractivity contribution >= 4 is 0 Å². The molecule has 1 unspecified atom stereocenters. The lowest BCUT2D eigenvalue weighted by atomic mass is 10.0. The fourth-order valence-corrected chi connectivity index (χ4v) is 2.16. The Hall–Kier alpha value is -1.85. The third kappa shape index (κ3) is 4.31. The van der Waals surface area contributed by atoms with E-state index < -0.39 is 0 Å². The Morgan fingerprint density at radius 2 is 2.14 bits per heavy atom. The van der Waals surface area contributed by atoms with Crippen LogP contribution >= 0.6 is 0 Å². The lowest BCUT2D eigenvalue weighted by molar-refractivity contribution is 0.145. The number of H-pyrrole nitrogens is 1. The zero-order valence-electron chi connectivity index (χ0n) is 12.6. The molecule has 0 saturated heterocycles. The van der Waals surface area contributed by atoms with Crippen LogP contribution in [-0.2, 0) is 4.74 Å². The minimum absolute atomic E-state index is 0.00121. The van der Waals surface area contributed by atoms with Gasteiger partial charge >= 0.3 is 0 Å². The van der Waals surface area contributed by atoms with Crippen LogP contribution in [0.4, 0.5) is 0 Å². The average Bonchev–Trinajstić information content (AvgIpc) is 3.03. The molecule has 21 heavy (non-hydrogen) atoms. The predicted molar refractivity (Wildman–Crippen MR) is 82.5 cm³/mol. The SMILES string of the molecule is CCCNC(c1ncc[nH]1)c1ccccc1OCCOC. The number of nitrogens with one attached hydrogen (secondary N) is 2. The van der Waals surface area contributed by atoms with Gasteiger partial charge in [-0.1, -0.05) is 25.1 Å². The van der Waals surface area contributed by atoms with Gasteiger partial charge in [0, 0.05) is 25.1 Å². The van der Waals surface area contributed by atoms with Crippen LogP contribution in [0.25, 0.3) is 0 Å². The number of rotatable bonds is 9. The maximum Gasteiger partial charge on any atom is 0.127 e. The number of benzene rings is 1. The summed E-state index contributed by atoms with van der Waals surface area (Å²) in [6.07, 6.45) is 4.67. The van der Waals surface area contributed by atoms with Crippen molar-refractivity contribution in [3.8, 4) is 5.75 Å². The molecule has 114 valence electrons. The molecule has 0 aliphatic heterocycles. The second kappa shape index (κ2) is 8.44. The van der Waals surface area contributed by atoms with E-state index in [2.05, 4.69) is 28.3 Å². The van der Waals surface area contributed by atoms with Crippen molar-refractivity contribution in [2.75, 3.05) is 26.9 Å². The van der Waals surface area contributed by atoms with Gasteiger partial charge in [-0.25, -0.2) is 4.98 Å². The molecule has 1 atom stereocenters. The van der Waals surface area contributed by atoms with E-state index >= 15 is 0 Å². The molecule has 2 N–H and O–H groups in total. The molecule has 2 rings (SSSR count). The molecule has 0 saturated carbocycles. The first-order valence-corrected chi connectivity index (χ1v) is 7.30. The largest absolute Gasteiger partial charge is 0.491 e. The number of nitrogens with zero attached hydrogens (tertiary/aromatic N) is 1. The molecule has 0 fully saturated rings. The Morgan fingerprint density at radius 1 is 1.29 bits per heavy atom. The molecule has 0 amide bonds. The van der Waals surface area contributed by atoms with Crippen LogP contribution in [0.5, 0.6) is 5.75 Å². The number of methoxy groups -OCH3 is 1. The molecule has 0 radical (unpaired) electrons. The van der Waals surface area contributed by atoms with Gasteiger partial charge in [-0.05, 0) is 19.0 Å². The Balaban J connectivity index is 2.22. The summed E-state index contributed by atoms with van der Waals surface area (Å²) in [5, 5.41) is 3.51. The van der Waals surface area contributed by atoms with E-state index in [1.165, 1.54) is 0 Å². The van der Waals surface area contributed by atoms with Crippen molar-refractivity contribution in [2.24, 2.45) is 0 Å². The van der Waals surface area contributed by atoms with Crippen LogP contribution in [0.3, 0.4) is 0 Å². The lowest BCUT2D eigenvalue weighted by Gasteiger charge is -2.20. The number of hydrogen-bond donors (Lipinski definition) is 2. The maximum atomic E-state index is 5.83. The number of aromatic nitrogens is 2. The summed E-state index contributed by atoms with van der Waals surface area (Å²) < 4.78 is 10.9. The number of aromatic amines is 1. The quantitative estimate of drug-likeness (QED) is 0.696. The van der Waals surface area contributed by atoms with Crippen LogP contribution in [0.1, 0.15) is 30.8 Å². The van der Waals surface area contributed by atoms with Gasteiger partial charge in [-0.15, -0.1) is 0 Å². The van der Waals surface area contributed by atoms with E-state index in [1.54, 1.807) is 13.3 Å². The highest BCUT2D eigenvalue weighted by Crippen LogP contribution is 2.28. The van der Waals surface area contributed by atoms with Gasteiger partial charge in [-0.3, -0.25) is 0 Å². The van der Waals surface area contributed by atoms with Crippen molar-refractivity contribution in [3.05, 3.63) is 48.0 Å². The van der Waals surface area contributed by atoms with Crippen LogP contribution in [-0.4, -0.2) is 36.8 Å². The van der Waals surface area contributed by atoms with Crippen LogP contribution in [0.15, 0.2) is 36.7 Å². The summed E-state index contributed by atoms with van der Waals surface area (Å²) in [6, 6.07) is 8.04. The first-order valence-electron chi connectivity index (χ1n) is 7.30. The zero-order chi connectivity index (χ0) is 14.9. The molecule has 2 aromatic rings. The van der Waals surface area contributed by atoms with E-state index in [0.717, 1.165) is 30.1 Å². The standard InChI is InChI=1S/C16H23N3O2/c1-3-8-17-15(16-18-9-10-19-16)13-6-4-5-7-14(13)21-12-11-20-2/h4-7,9-10,15,17H,3,8,11-12H2,1-2H3,(H,18,19). The Morgan fingerprint density at radius 3 is 2.86 bits per heavy atom. The molecule has 5 heteroatoms. The molecule has 1 aromatic heterocycles. The van der Waals surface area contributed by atoms with Gasteiger partial charge in [0.15, 0.2) is 0 Å². The zero-order valence-corrected chi connectivity index (χ0v) is 12.6. The summed E-state index contributed by atoms with van der Waals surface area (Å²) in [6.45, 7) is 4.17. The Kier molecular flexibility index (Phi) is 6.24. The van der Waals surface area contributed by atoms with Gasteiger partial charge in [0.25, 0.3) is 0 Å². The summed E-state index contributed by atoms with van der Waals surface area (Å²) in [4.78, 5) is 7.57. The predicted octanol–water partition coefficient (Wildman–Crippen LogP) is 2.52. The molecule has 0 aliphatic carbocycles. The number of para-hydroxylation sites is 1. The minimum Gasteiger partial charge on any atom is -0.491 e. The minimum atomic E-state index is -0.00121. The second-order valence-corrected chi connectivity index (χ2v) is 4.74. The van der Waals surface area contributed by atoms with Gasteiger partial charge < -0.3 is 19.8 Å². The van der Waals surface area contributed by atoms with Gasteiger partial charge in [0.05, 0.1) is 12.6 Å². The first kappa shape index (κ1) is 15.5. The molecular formula is C16H23N3O2. The van der Waals surface area contributed by atoms with Crippen LogP contribution in [0.2, 0.25) is 0 Å². The van der Waals surface area contributed by atoms with Crippen molar-refractivity contribution in [2.45, 2.75) is 19.4 Å². The van der Waals surface area contributed by atoms with E-state index in [9.17, 15) is 0 Å². The maximum absolute atomic E-state index is 5.83. The van der Waals surface area contributed by atoms with Gasteiger partial charge in [0.1, 0.15) is 18.2 Å². The lowest BCUT2D eigenvalue weighted by Crippen LogP contribution is -2.25. The smallest absolute Gasteiger partial charge is 0.127 e. The van der Waals surface area contributed by atoms with Crippen molar-refractivity contribution < 1.29 is 9.47 Å². The van der Waals surface area contributed by atoms with E-state index in [1.807, 2.05) is 24.4 Å². The topological polar surface area (TPSA) is 59.2 Å². The molecule has 1 aromatic carbocycles. The van der Waals surface area contributed by atoms with E-state index in [-0.39, 0.29) is 6.04 Å². The van der Waals surface area contributed by atoms with Crippen molar-refractivity contribution in [1.82, 2.24) is 15.3 Å². The van der Waals surface area contributed by atoms with Crippen LogP contribution < -0.4 is 10.1 Å². The Bertz CT molecular complexity index is 514.